The monoisotopic (exact) mass is 552 g/mol. The van der Waals surface area contributed by atoms with Gasteiger partial charge in [-0.2, -0.15) is 0 Å². The molecular weight excluding hydrogens is 524 g/mol. The number of benzene rings is 1. The number of amides is 2. The van der Waals surface area contributed by atoms with Gasteiger partial charge in [-0.1, -0.05) is 44.2 Å². The van der Waals surface area contributed by atoms with Gasteiger partial charge in [0, 0.05) is 24.3 Å². The second kappa shape index (κ2) is 10.8. The van der Waals surface area contributed by atoms with Crippen molar-refractivity contribution in [2.45, 2.75) is 37.8 Å². The molecule has 40 heavy (non-hydrogen) atoms. The zero-order valence-electron chi connectivity index (χ0n) is 21.7. The molecule has 5 aromatic rings. The number of hydrogen-bond donors (Lipinski definition) is 3. The van der Waals surface area contributed by atoms with Crippen LogP contribution in [0.4, 0.5) is 0 Å². The van der Waals surface area contributed by atoms with E-state index in [1.54, 1.807) is 12.4 Å². The van der Waals surface area contributed by atoms with Crippen LogP contribution < -0.4 is 20.9 Å². The fraction of sp³-hybridized carbons (Fsp3) is 0.200. The van der Waals surface area contributed by atoms with Crippen molar-refractivity contribution >= 4 is 51.0 Å². The van der Waals surface area contributed by atoms with Crippen molar-refractivity contribution in [3.05, 3.63) is 83.9 Å². The summed E-state index contributed by atoms with van der Waals surface area (Å²) in [4.78, 5) is 39.2. The topological polar surface area (TPSA) is 114 Å². The van der Waals surface area contributed by atoms with Gasteiger partial charge in [0.2, 0.25) is 11.8 Å². The smallest absolute Gasteiger partial charge is 0.263 e. The molecule has 1 unspecified atom stereocenters. The Labute approximate surface area is 234 Å². The van der Waals surface area contributed by atoms with Crippen molar-refractivity contribution in [3.8, 4) is 17.3 Å². The number of ether oxygens (including phenoxy) is 1. The van der Waals surface area contributed by atoms with Gasteiger partial charge in [-0.05, 0) is 43.2 Å². The summed E-state index contributed by atoms with van der Waals surface area (Å²) in [6.45, 7) is 7.79. The van der Waals surface area contributed by atoms with Crippen molar-refractivity contribution in [1.29, 1.82) is 0 Å². The number of nitrogens with zero attached hydrogens (tertiary/aromatic N) is 3. The third-order valence-electron chi connectivity index (χ3n) is 7.10. The van der Waals surface area contributed by atoms with Crippen molar-refractivity contribution in [1.82, 2.24) is 30.2 Å². The molecule has 1 aliphatic carbocycles. The average Bonchev–Trinajstić information content (AvgIpc) is 3.35. The first-order valence-electron chi connectivity index (χ1n) is 13.1. The summed E-state index contributed by atoms with van der Waals surface area (Å²) in [7, 11) is 0. The summed E-state index contributed by atoms with van der Waals surface area (Å²) in [5, 5.41) is 6.98. The molecule has 2 amide bonds. The van der Waals surface area contributed by atoms with Crippen LogP contribution in [-0.2, 0) is 4.79 Å². The van der Waals surface area contributed by atoms with E-state index in [-0.39, 0.29) is 23.9 Å². The maximum absolute atomic E-state index is 13.6. The van der Waals surface area contributed by atoms with Gasteiger partial charge in [-0.25, -0.2) is 9.97 Å². The Morgan fingerprint density at radius 3 is 2.55 bits per heavy atom. The van der Waals surface area contributed by atoms with E-state index in [0.29, 0.717) is 27.5 Å². The van der Waals surface area contributed by atoms with E-state index in [1.807, 2.05) is 53.1 Å². The van der Waals surface area contributed by atoms with Crippen LogP contribution in [0.3, 0.4) is 0 Å². The van der Waals surface area contributed by atoms with Gasteiger partial charge in [-0.15, -0.1) is 11.3 Å². The summed E-state index contributed by atoms with van der Waals surface area (Å²) in [6.07, 6.45) is 8.31. The van der Waals surface area contributed by atoms with Gasteiger partial charge in [0.05, 0.1) is 28.3 Å². The molecular formula is C30H28N6O3S. The van der Waals surface area contributed by atoms with Crippen molar-refractivity contribution < 1.29 is 14.3 Å². The first-order chi connectivity index (χ1) is 19.5. The minimum absolute atomic E-state index is 0.137. The number of thiophene rings is 1. The molecule has 1 fully saturated rings. The van der Waals surface area contributed by atoms with Crippen LogP contribution in [0.1, 0.15) is 35.4 Å². The van der Waals surface area contributed by atoms with Crippen LogP contribution >= 0.6 is 11.3 Å². The van der Waals surface area contributed by atoms with Crippen LogP contribution in [0.15, 0.2) is 73.6 Å². The van der Waals surface area contributed by atoms with Crippen LogP contribution in [0, 0.1) is 0 Å². The number of nitrogens with one attached hydrogen (secondary N) is 3. The van der Waals surface area contributed by atoms with E-state index in [2.05, 4.69) is 38.7 Å². The molecule has 0 saturated heterocycles. The highest BCUT2D eigenvalue weighted by molar-refractivity contribution is 7.21. The van der Waals surface area contributed by atoms with Crippen molar-refractivity contribution in [2.75, 3.05) is 0 Å². The molecule has 202 valence electrons. The largest absolute Gasteiger partial charge is 0.439 e. The lowest BCUT2D eigenvalue weighted by molar-refractivity contribution is -0.117. The lowest BCUT2D eigenvalue weighted by atomic mass is 9.90. The van der Waals surface area contributed by atoms with Crippen LogP contribution in [0.25, 0.3) is 33.5 Å². The van der Waals surface area contributed by atoms with Gasteiger partial charge in [0.25, 0.3) is 5.91 Å². The molecule has 10 heteroatoms. The zero-order valence-corrected chi connectivity index (χ0v) is 22.5. The maximum Gasteiger partial charge on any atom is 0.263 e. The minimum atomic E-state index is -0.232. The number of H-pyrrole nitrogens is 1. The van der Waals surface area contributed by atoms with E-state index in [1.165, 1.54) is 17.4 Å². The van der Waals surface area contributed by atoms with Crippen molar-refractivity contribution in [3.63, 3.8) is 0 Å². The van der Waals surface area contributed by atoms with Gasteiger partial charge < -0.3 is 20.4 Å². The molecule has 6 rings (SSSR count). The van der Waals surface area contributed by atoms with Crippen LogP contribution in [0.2, 0.25) is 0 Å². The summed E-state index contributed by atoms with van der Waals surface area (Å²) in [6, 6.07) is 14.8. The lowest BCUT2D eigenvalue weighted by Gasteiger charge is -2.32. The first kappa shape index (κ1) is 25.6. The summed E-state index contributed by atoms with van der Waals surface area (Å²) in [5.74, 6) is 0.751. The fourth-order valence-electron chi connectivity index (χ4n) is 5.24. The molecule has 4 aromatic heterocycles. The quantitative estimate of drug-likeness (QED) is 0.251. The SMILES string of the molecule is C=CC(=O)NC1CCCC[C@H]1NC(=O)c1sc2nccc3c2c1[nH]c(=C)n3-c1ccc(Oc2ccccc2)nc1. The number of rotatable bonds is 7. The maximum atomic E-state index is 13.6. The highest BCUT2D eigenvalue weighted by atomic mass is 32.1. The molecule has 1 aromatic carbocycles. The zero-order chi connectivity index (χ0) is 27.6. The van der Waals surface area contributed by atoms with Gasteiger partial charge >= 0.3 is 0 Å². The second-order valence-corrected chi connectivity index (χ2v) is 10.7. The molecule has 9 nitrogen and oxygen atoms in total. The van der Waals surface area contributed by atoms with E-state index >= 15 is 0 Å². The molecule has 0 bridgehead atoms. The molecule has 0 radical (unpaired) electrons. The molecule has 2 atom stereocenters. The minimum Gasteiger partial charge on any atom is -0.439 e. The predicted octanol–water partition coefficient (Wildman–Crippen LogP) is 4.79. The third kappa shape index (κ3) is 4.89. The van der Waals surface area contributed by atoms with Gasteiger partial charge in [-0.3, -0.25) is 14.2 Å². The Bertz CT molecular complexity index is 1770. The Morgan fingerprint density at radius 1 is 1.05 bits per heavy atom. The molecule has 0 spiro atoms. The number of aromatic amines is 1. The lowest BCUT2D eigenvalue weighted by Crippen LogP contribution is -2.52. The summed E-state index contributed by atoms with van der Waals surface area (Å²) < 4.78 is 7.79. The predicted molar refractivity (Wildman–Crippen MR) is 157 cm³/mol. The number of hydrogen-bond acceptors (Lipinski definition) is 6. The first-order valence-corrected chi connectivity index (χ1v) is 13.9. The van der Waals surface area contributed by atoms with E-state index in [4.69, 9.17) is 4.74 Å². The number of pyridine rings is 2. The number of aromatic nitrogens is 4. The number of carbonyl (C=O) groups excluding carboxylic acids is 2. The molecule has 1 saturated carbocycles. The standard InChI is InChI=1S/C30H28N6O3S/c1-3-24(37)34-21-11-7-8-12-22(21)35-29(38)28-27-26-23(15-16-31-30(26)40-28)36(18(2)33-27)19-13-14-25(32-17-19)39-20-9-5-4-6-10-20/h3-6,9-10,13-17,21-22,33H,1-2,7-8,11-12H2,(H,34,37)(H,35,38)/t21?,22-/m1/s1. The summed E-state index contributed by atoms with van der Waals surface area (Å²) >= 11 is 1.33. The molecule has 4 heterocycles. The number of para-hydroxylation sites is 1. The van der Waals surface area contributed by atoms with E-state index in [0.717, 1.165) is 47.1 Å². The van der Waals surface area contributed by atoms with E-state index < -0.39 is 0 Å². The Hall–Kier alpha value is -4.70. The third-order valence-corrected chi connectivity index (χ3v) is 8.19. The molecule has 0 aliphatic heterocycles. The Kier molecular flexibility index (Phi) is 6.91. The highest BCUT2D eigenvalue weighted by Crippen LogP contribution is 2.34. The van der Waals surface area contributed by atoms with Crippen molar-refractivity contribution in [2.24, 2.45) is 0 Å². The van der Waals surface area contributed by atoms with Crippen LogP contribution in [-0.4, -0.2) is 43.4 Å². The molecule has 3 N–H and O–H groups in total. The Morgan fingerprint density at radius 2 is 1.82 bits per heavy atom. The second-order valence-electron chi connectivity index (χ2n) is 9.68. The van der Waals surface area contributed by atoms with Crippen LogP contribution in [0.5, 0.6) is 11.6 Å². The summed E-state index contributed by atoms with van der Waals surface area (Å²) in [5.41, 5.74) is 2.91. The highest BCUT2D eigenvalue weighted by Gasteiger charge is 2.29. The average molecular weight is 553 g/mol. The molecule has 1 aliphatic rings. The Balaban J connectivity index is 1.32. The number of carbonyl (C=O) groups is 2. The van der Waals surface area contributed by atoms with Gasteiger partial charge in [0.1, 0.15) is 20.9 Å². The van der Waals surface area contributed by atoms with Gasteiger partial charge in [0.15, 0.2) is 0 Å². The normalized spacial score (nSPS) is 17.0. The van der Waals surface area contributed by atoms with E-state index in [9.17, 15) is 9.59 Å². The fourth-order valence-corrected chi connectivity index (χ4v) is 6.26.